The van der Waals surface area contributed by atoms with Crippen molar-refractivity contribution in [2.75, 3.05) is 0 Å². The Bertz CT molecular complexity index is 582. The van der Waals surface area contributed by atoms with Crippen LogP contribution in [0.2, 0.25) is 0 Å². The summed E-state index contributed by atoms with van der Waals surface area (Å²) in [6.07, 6.45) is -0.528. The van der Waals surface area contributed by atoms with E-state index in [9.17, 15) is 14.7 Å². The van der Waals surface area contributed by atoms with Gasteiger partial charge in [-0.3, -0.25) is 9.59 Å². The second-order valence-corrected chi connectivity index (χ2v) is 8.23. The Morgan fingerprint density at radius 1 is 1.12 bits per heavy atom. The number of carbonyl (C=O) groups is 2. The van der Waals surface area contributed by atoms with Crippen LogP contribution >= 0.6 is 0 Å². The lowest BCUT2D eigenvalue weighted by molar-refractivity contribution is -0.135. The summed E-state index contributed by atoms with van der Waals surface area (Å²) >= 11 is 0. The molecule has 5 N–H and O–H groups in total. The van der Waals surface area contributed by atoms with E-state index in [-0.39, 0.29) is 11.8 Å². The summed E-state index contributed by atoms with van der Waals surface area (Å²) in [5.74, 6) is -0.673. The Kier molecular flexibility index (Phi) is 8.24. The summed E-state index contributed by atoms with van der Waals surface area (Å²) in [4.78, 5) is 24.9. The first-order valence-corrected chi connectivity index (χ1v) is 9.09. The van der Waals surface area contributed by atoms with Crippen LogP contribution in [-0.4, -0.2) is 40.6 Å². The monoisotopic (exact) mass is 363 g/mol. The minimum Gasteiger partial charge on any atom is -0.382 e. The van der Waals surface area contributed by atoms with Gasteiger partial charge in [-0.25, -0.2) is 0 Å². The summed E-state index contributed by atoms with van der Waals surface area (Å²) < 4.78 is 0. The zero-order chi connectivity index (χ0) is 19.9. The van der Waals surface area contributed by atoms with Gasteiger partial charge in [0, 0.05) is 11.6 Å². The fourth-order valence-corrected chi connectivity index (χ4v) is 2.61. The van der Waals surface area contributed by atoms with E-state index in [4.69, 9.17) is 5.73 Å². The van der Waals surface area contributed by atoms with Crippen molar-refractivity contribution in [3.63, 3.8) is 0 Å². The molecule has 0 saturated heterocycles. The van der Waals surface area contributed by atoms with E-state index in [1.807, 2.05) is 65.0 Å². The van der Waals surface area contributed by atoms with Crippen LogP contribution in [0.3, 0.4) is 0 Å². The van der Waals surface area contributed by atoms with Gasteiger partial charge in [0.05, 0.1) is 0 Å². The van der Waals surface area contributed by atoms with Crippen LogP contribution in [0.4, 0.5) is 0 Å². The van der Waals surface area contributed by atoms with E-state index in [0.717, 1.165) is 5.56 Å². The van der Waals surface area contributed by atoms with Crippen molar-refractivity contribution in [1.82, 2.24) is 10.6 Å². The van der Waals surface area contributed by atoms with Crippen LogP contribution in [0.5, 0.6) is 0 Å². The standard InChI is InChI=1S/C20H33N3O3/c1-13(2)11-16(18(25)23-20(3,4)5)22-19(26)17(24)15(21)12-14-9-7-6-8-10-14/h6-10,13,15-17,24H,11-12,21H2,1-5H3,(H,22,26)(H,23,25)/t15-,16+,17+/m1/s1. The molecule has 0 unspecified atom stereocenters. The van der Waals surface area contributed by atoms with Crippen LogP contribution in [0.25, 0.3) is 0 Å². The lowest BCUT2D eigenvalue weighted by atomic mass is 9.99. The van der Waals surface area contributed by atoms with Crippen molar-refractivity contribution in [3.8, 4) is 0 Å². The molecule has 0 fully saturated rings. The molecule has 1 aromatic carbocycles. The van der Waals surface area contributed by atoms with Gasteiger partial charge >= 0.3 is 0 Å². The van der Waals surface area contributed by atoms with Crippen molar-refractivity contribution < 1.29 is 14.7 Å². The first-order chi connectivity index (χ1) is 12.0. The van der Waals surface area contributed by atoms with Gasteiger partial charge in [0.2, 0.25) is 5.91 Å². The number of aliphatic hydroxyl groups excluding tert-OH is 1. The first-order valence-electron chi connectivity index (χ1n) is 9.09. The Labute approximate surface area is 156 Å². The summed E-state index contributed by atoms with van der Waals surface area (Å²) in [5, 5.41) is 15.8. The maximum Gasteiger partial charge on any atom is 0.251 e. The van der Waals surface area contributed by atoms with E-state index in [1.54, 1.807) is 0 Å². The van der Waals surface area contributed by atoms with E-state index in [1.165, 1.54) is 0 Å². The van der Waals surface area contributed by atoms with Crippen LogP contribution in [0.1, 0.15) is 46.6 Å². The van der Waals surface area contributed by atoms with Crippen LogP contribution in [-0.2, 0) is 16.0 Å². The maximum atomic E-state index is 12.5. The molecule has 0 saturated carbocycles. The molecular weight excluding hydrogens is 330 g/mol. The predicted octanol–water partition coefficient (Wildman–Crippen LogP) is 1.36. The van der Waals surface area contributed by atoms with Crippen LogP contribution < -0.4 is 16.4 Å². The van der Waals surface area contributed by atoms with Crippen LogP contribution in [0.15, 0.2) is 30.3 Å². The van der Waals surface area contributed by atoms with Crippen molar-refractivity contribution in [2.24, 2.45) is 11.7 Å². The number of amides is 2. The third-order valence-corrected chi connectivity index (χ3v) is 3.83. The second kappa shape index (κ2) is 9.69. The lowest BCUT2D eigenvalue weighted by Crippen LogP contribution is -2.56. The molecule has 146 valence electrons. The van der Waals surface area contributed by atoms with Gasteiger partial charge in [-0.15, -0.1) is 0 Å². The van der Waals surface area contributed by atoms with Crippen molar-refractivity contribution in [3.05, 3.63) is 35.9 Å². The Hall–Kier alpha value is -1.92. The third kappa shape index (κ3) is 7.97. The Morgan fingerprint density at radius 3 is 2.19 bits per heavy atom. The molecule has 0 aliphatic carbocycles. The van der Waals surface area contributed by atoms with Gasteiger partial charge < -0.3 is 21.5 Å². The summed E-state index contributed by atoms with van der Waals surface area (Å²) in [5.41, 5.74) is 6.53. The number of hydrogen-bond donors (Lipinski definition) is 4. The molecule has 0 aliphatic rings. The van der Waals surface area contributed by atoms with Crippen molar-refractivity contribution in [2.45, 2.75) is 71.2 Å². The number of carbonyl (C=O) groups excluding carboxylic acids is 2. The third-order valence-electron chi connectivity index (χ3n) is 3.83. The maximum absolute atomic E-state index is 12.5. The molecule has 26 heavy (non-hydrogen) atoms. The van der Waals surface area contributed by atoms with E-state index >= 15 is 0 Å². The molecule has 0 heterocycles. The highest BCUT2D eigenvalue weighted by molar-refractivity contribution is 5.89. The molecule has 0 spiro atoms. The summed E-state index contributed by atoms with van der Waals surface area (Å²) in [7, 11) is 0. The fourth-order valence-electron chi connectivity index (χ4n) is 2.61. The molecule has 2 amide bonds. The van der Waals surface area contributed by atoms with E-state index in [2.05, 4.69) is 10.6 Å². The molecule has 6 heteroatoms. The minimum atomic E-state index is -1.38. The number of nitrogens with one attached hydrogen (secondary N) is 2. The zero-order valence-corrected chi connectivity index (χ0v) is 16.5. The topological polar surface area (TPSA) is 104 Å². The molecule has 6 nitrogen and oxygen atoms in total. The Balaban J connectivity index is 2.73. The number of hydrogen-bond acceptors (Lipinski definition) is 4. The molecule has 3 atom stereocenters. The number of nitrogens with two attached hydrogens (primary N) is 1. The Morgan fingerprint density at radius 2 is 1.69 bits per heavy atom. The quantitative estimate of drug-likeness (QED) is 0.560. The first kappa shape index (κ1) is 22.1. The molecule has 0 aromatic heterocycles. The van der Waals surface area contributed by atoms with Gasteiger partial charge in [-0.2, -0.15) is 0 Å². The average Bonchev–Trinajstić information content (AvgIpc) is 2.52. The minimum absolute atomic E-state index is 0.209. The predicted molar refractivity (Wildman–Crippen MR) is 103 cm³/mol. The molecule has 0 aliphatic heterocycles. The van der Waals surface area contributed by atoms with Crippen molar-refractivity contribution >= 4 is 11.8 Å². The molecule has 0 bridgehead atoms. The SMILES string of the molecule is CC(C)C[C@H](NC(=O)[C@@H](O)[C@H](N)Cc1ccccc1)C(=O)NC(C)(C)C. The van der Waals surface area contributed by atoms with Gasteiger partial charge in [0.1, 0.15) is 12.1 Å². The average molecular weight is 364 g/mol. The van der Waals surface area contributed by atoms with Crippen molar-refractivity contribution in [1.29, 1.82) is 0 Å². The second-order valence-electron chi connectivity index (χ2n) is 8.23. The number of rotatable bonds is 8. The number of aliphatic hydroxyl groups is 1. The number of benzene rings is 1. The highest BCUT2D eigenvalue weighted by Crippen LogP contribution is 2.09. The fraction of sp³-hybridized carbons (Fsp3) is 0.600. The zero-order valence-electron chi connectivity index (χ0n) is 16.5. The van der Waals surface area contributed by atoms with Gasteiger partial charge in [0.25, 0.3) is 5.91 Å². The van der Waals surface area contributed by atoms with Gasteiger partial charge in [0.15, 0.2) is 0 Å². The van der Waals surface area contributed by atoms with E-state index < -0.39 is 29.6 Å². The lowest BCUT2D eigenvalue weighted by Gasteiger charge is -2.28. The molecule has 1 rings (SSSR count). The van der Waals surface area contributed by atoms with Gasteiger partial charge in [-0.1, -0.05) is 44.2 Å². The molecule has 0 radical (unpaired) electrons. The van der Waals surface area contributed by atoms with Gasteiger partial charge in [-0.05, 0) is 45.1 Å². The largest absolute Gasteiger partial charge is 0.382 e. The summed E-state index contributed by atoms with van der Waals surface area (Å²) in [6.45, 7) is 9.58. The smallest absolute Gasteiger partial charge is 0.251 e. The molecule has 1 aromatic rings. The molecular formula is C20H33N3O3. The highest BCUT2D eigenvalue weighted by Gasteiger charge is 2.29. The summed E-state index contributed by atoms with van der Waals surface area (Å²) in [6, 6.07) is 7.98. The van der Waals surface area contributed by atoms with Crippen LogP contribution in [0, 0.1) is 5.92 Å². The van der Waals surface area contributed by atoms with E-state index in [0.29, 0.717) is 12.8 Å². The highest BCUT2D eigenvalue weighted by atomic mass is 16.3. The normalized spacial score (nSPS) is 15.2.